The molecule has 5 nitrogen and oxygen atoms in total. The molecular weight excluding hydrogens is 1780 g/mol. The molecule has 0 saturated carbocycles. The number of ether oxygens (including phenoxy) is 3. The Morgan fingerprint density at radius 3 is 0.878 bits per heavy atom. The summed E-state index contributed by atoms with van der Waals surface area (Å²) in [5, 5.41) is 3.50. The lowest BCUT2D eigenvalue weighted by Gasteiger charge is -2.39. The number of hydrogen-bond donors (Lipinski definition) is 1. The normalized spacial score (nSPS) is 13.7. The molecule has 0 aliphatic heterocycles. The molecule has 1 aromatic rings. The summed E-state index contributed by atoms with van der Waals surface area (Å²) in [5.41, 5.74) is 12.7. The van der Waals surface area contributed by atoms with Crippen molar-refractivity contribution in [3.8, 4) is 0 Å². The Morgan fingerprint density at radius 1 is 0.265 bits per heavy atom. The van der Waals surface area contributed by atoms with Crippen molar-refractivity contribution < 1.29 is 14.2 Å². The third kappa shape index (κ3) is 157. The van der Waals surface area contributed by atoms with Gasteiger partial charge in [-0.2, -0.15) is 0 Å². The van der Waals surface area contributed by atoms with Gasteiger partial charge < -0.3 is 24.4 Å². The fourth-order valence-electron chi connectivity index (χ4n) is 13.7. The number of aryl methyl sites for hydroxylation is 1. The van der Waals surface area contributed by atoms with E-state index >= 15 is 0 Å². The van der Waals surface area contributed by atoms with Crippen LogP contribution in [0.15, 0.2) is 48.6 Å². The molecule has 0 heterocycles. The molecule has 1 N–H and O–H groups in total. The summed E-state index contributed by atoms with van der Waals surface area (Å²) >= 11 is 0. The summed E-state index contributed by atoms with van der Waals surface area (Å²) in [6.07, 6.45) is 47.2. The minimum atomic E-state index is 0.0295. The highest BCUT2D eigenvalue weighted by molar-refractivity contribution is 5.29. The summed E-state index contributed by atoms with van der Waals surface area (Å²) in [5.74, 6) is 0. The van der Waals surface area contributed by atoms with E-state index in [0.717, 1.165) is 52.5 Å². The van der Waals surface area contributed by atoms with E-state index in [4.69, 9.17) is 14.2 Å². The molecule has 0 saturated heterocycles. The fourth-order valence-corrected chi connectivity index (χ4v) is 13.7. The van der Waals surface area contributed by atoms with E-state index in [9.17, 15) is 0 Å². The minimum Gasteiger partial charge on any atom is -0.381 e. The van der Waals surface area contributed by atoms with Gasteiger partial charge in [0.25, 0.3) is 0 Å². The van der Waals surface area contributed by atoms with Gasteiger partial charge in [-0.25, -0.2) is 0 Å². The van der Waals surface area contributed by atoms with Crippen LogP contribution in [0.2, 0.25) is 0 Å². The van der Waals surface area contributed by atoms with E-state index in [2.05, 4.69) is 550 Å². The third-order valence-corrected chi connectivity index (χ3v) is 26.2. The van der Waals surface area contributed by atoms with Gasteiger partial charge in [0, 0.05) is 25.4 Å². The van der Waals surface area contributed by atoms with Crippen molar-refractivity contribution in [2.75, 3.05) is 59.7 Å². The Hall–Kier alpha value is -1.50. The summed E-state index contributed by atoms with van der Waals surface area (Å²) in [6, 6.07) is 9.05. The van der Waals surface area contributed by atoms with Crippen LogP contribution >= 0.6 is 0 Å². The van der Waals surface area contributed by atoms with Gasteiger partial charge in [0.05, 0.1) is 18.8 Å². The highest BCUT2D eigenvalue weighted by Crippen LogP contribution is 2.44. The molecule has 0 unspecified atom stereocenters. The quantitative estimate of drug-likeness (QED) is 0.0536. The molecule has 147 heavy (non-hydrogen) atoms. The Bertz CT molecular complexity index is 2980. The zero-order valence-corrected chi connectivity index (χ0v) is 117. The van der Waals surface area contributed by atoms with Crippen LogP contribution in [0.1, 0.15) is 676 Å². The molecule has 0 fully saturated rings. The highest BCUT2D eigenvalue weighted by atomic mass is 16.5. The van der Waals surface area contributed by atoms with E-state index in [1.54, 1.807) is 0 Å². The maximum atomic E-state index is 5.64. The van der Waals surface area contributed by atoms with Gasteiger partial charge in [-0.1, -0.05) is 530 Å². The smallest absolute Gasteiger partial charge is 0.0598 e. The number of benzene rings is 1. The molecule has 0 amide bonds. The van der Waals surface area contributed by atoms with Crippen molar-refractivity contribution in [1.82, 2.24) is 10.2 Å². The number of allylic oxidation sites excluding steroid dienone is 4. The lowest BCUT2D eigenvalue weighted by Crippen LogP contribution is -2.38. The van der Waals surface area contributed by atoms with Crippen molar-refractivity contribution in [3.63, 3.8) is 0 Å². The van der Waals surface area contributed by atoms with Crippen LogP contribution in [0.3, 0.4) is 0 Å². The molecule has 1 rings (SSSR count). The topological polar surface area (TPSA) is 43.0 Å². The standard InChI is InChI=1S/C16H26.C16H32.C14H30.C13H28.C13H26.2C12H27N.2C12H26O.C11H24O.C11H24/c1-15(2,3)11-10-13-8-7-9-14(12-13)16(4,5)6;1-14(2,3)12-10-9-11-13-16(7,8)15(4,5)6;1-12(2,3)10-9-11-14(7,8)13(4,5)6;2*1-12(2,3)10-8-7-9-11-13(4,5)6;1-11(2,3)9-8-10-13(7)12(4,5)6;2*1-11(2,3)8-7-9-13-10-12(4,5)6;1-11(2,3)9-7-8-10-13-12(4,5)6;1-10(2,3)7-8-12-9-11(4,5)6;1-10(2,3)8-7-9-11(4,5)6/h7-9,12H,10-11H2,1-6H3;11,13H,9-10,12H2,1-8H3;9-11H2,1-8H3;7-11H2,1-6H3;8,10H,7,9,11H2,1-6H3;8-10H2,1-7H3;13H,7-10H2,1-6H3;2*7-10H2,1-6H3;7-9H2,1-6H3;7-9H2,1-6H3/b;13-11+;;;10-8+;;;;;;. The first-order valence-electron chi connectivity index (χ1n) is 60.8. The van der Waals surface area contributed by atoms with E-state index in [1.807, 2.05) is 0 Å². The van der Waals surface area contributed by atoms with Crippen molar-refractivity contribution in [2.45, 2.75) is 687 Å². The predicted molar refractivity (Wildman–Crippen MR) is 686 cm³/mol. The Kier molecular flexibility index (Phi) is 83.3. The molecule has 5 heteroatoms. The van der Waals surface area contributed by atoms with Crippen molar-refractivity contribution in [2.24, 2.45) is 114 Å². The van der Waals surface area contributed by atoms with Gasteiger partial charge in [0.2, 0.25) is 0 Å². The first-order chi connectivity index (χ1) is 64.2. The summed E-state index contributed by atoms with van der Waals surface area (Å²) in [6.45, 7) is 168. The SMILES string of the molecule is CC(C)(C)/C=C/CCCC(C)(C)C.CC(C)(C)CCC/C=C/C(C)(C)C(C)(C)C.CC(C)(C)CCCC(C)(C)C.CC(C)(C)CCCC(C)(C)C(C)(C)C.CC(C)(C)CCCCCC(C)(C)C.CC(C)(C)CCCCOC(C)(C)C.CC(C)(C)CCCNCC(C)(C)C.CC(C)(C)CCCOCC(C)(C)C.CC(C)(C)CCOCC(C)(C)C.CC(C)(C)CCc1cccc(C(C)(C)C)c1.CN(CCCC(C)(C)C)C(C)(C)C. The zero-order chi connectivity index (χ0) is 119. The number of unbranched alkanes of at least 4 members (excludes halogenated alkanes) is 5. The summed E-state index contributed by atoms with van der Waals surface area (Å²) in [7, 11) is 2.21. The van der Waals surface area contributed by atoms with Gasteiger partial charge in [0.15, 0.2) is 0 Å². The summed E-state index contributed by atoms with van der Waals surface area (Å²) in [4.78, 5) is 2.43. The Morgan fingerprint density at radius 2 is 0.571 bits per heavy atom. The number of nitrogens with one attached hydrogen (secondary N) is 1. The average Bonchev–Trinajstić information content (AvgIpc) is 0.854. The van der Waals surface area contributed by atoms with Crippen LogP contribution < -0.4 is 5.32 Å². The Balaban J connectivity index is -0.000000176. The minimum absolute atomic E-state index is 0.0295. The van der Waals surface area contributed by atoms with E-state index in [0.29, 0.717) is 114 Å². The molecule has 1 aromatic carbocycles. The van der Waals surface area contributed by atoms with Crippen LogP contribution in [0.5, 0.6) is 0 Å². The van der Waals surface area contributed by atoms with Crippen LogP contribution in [0.4, 0.5) is 0 Å². The van der Waals surface area contributed by atoms with E-state index in [1.165, 1.54) is 197 Å². The average molecular weight is 2080 g/mol. The third-order valence-electron chi connectivity index (χ3n) is 26.2. The molecule has 0 radical (unpaired) electrons. The zero-order valence-electron chi connectivity index (χ0n) is 117. The molecule has 0 atom stereocenters. The highest BCUT2D eigenvalue weighted by Gasteiger charge is 2.34. The Labute approximate surface area is 938 Å². The second-order valence-electron chi connectivity index (χ2n) is 72.1. The molecule has 0 aliphatic rings. The van der Waals surface area contributed by atoms with Crippen LogP contribution in [0, 0.1) is 114 Å². The van der Waals surface area contributed by atoms with Crippen molar-refractivity contribution >= 4 is 0 Å². The number of rotatable bonds is 36. The maximum absolute atomic E-state index is 5.64. The maximum Gasteiger partial charge on any atom is 0.0598 e. The van der Waals surface area contributed by atoms with E-state index < -0.39 is 0 Å². The fraction of sp³-hybridized carbons (Fsp3) is 0.930. The van der Waals surface area contributed by atoms with Crippen LogP contribution in [-0.2, 0) is 26.0 Å². The number of nitrogens with zero attached hydrogens (tertiary/aromatic N) is 1. The van der Waals surface area contributed by atoms with Gasteiger partial charge in [-0.05, 0) is 346 Å². The summed E-state index contributed by atoms with van der Waals surface area (Å²) < 4.78 is 16.8. The molecule has 0 spiro atoms. The van der Waals surface area contributed by atoms with Gasteiger partial charge in [0.1, 0.15) is 0 Å². The second-order valence-corrected chi connectivity index (χ2v) is 72.1. The van der Waals surface area contributed by atoms with Crippen LogP contribution in [-0.4, -0.2) is 75.8 Å². The lowest BCUT2D eigenvalue weighted by atomic mass is 9.66. The van der Waals surface area contributed by atoms with E-state index in [-0.39, 0.29) is 16.4 Å². The molecule has 892 valence electrons. The predicted octanol–water partition coefficient (Wildman–Crippen LogP) is 48.5. The molecule has 0 bridgehead atoms. The first-order valence-corrected chi connectivity index (χ1v) is 60.8. The molecular formula is C142H296N2O3. The second kappa shape index (κ2) is 74.0. The van der Waals surface area contributed by atoms with Crippen molar-refractivity contribution in [3.05, 3.63) is 59.7 Å². The van der Waals surface area contributed by atoms with Gasteiger partial charge in [-0.15, -0.1) is 0 Å². The van der Waals surface area contributed by atoms with Gasteiger partial charge in [-0.3, -0.25) is 0 Å². The lowest BCUT2D eigenvalue weighted by molar-refractivity contribution is -0.00533. The first kappa shape index (κ1) is 165. The van der Waals surface area contributed by atoms with Gasteiger partial charge >= 0.3 is 0 Å². The van der Waals surface area contributed by atoms with Crippen molar-refractivity contribution in [1.29, 1.82) is 0 Å². The largest absolute Gasteiger partial charge is 0.381 e. The molecule has 0 aliphatic carbocycles. The van der Waals surface area contributed by atoms with Crippen LogP contribution in [0.25, 0.3) is 0 Å². The monoisotopic (exact) mass is 2080 g/mol. The number of hydrogen-bond acceptors (Lipinski definition) is 5. The molecule has 0 aromatic heterocycles.